The van der Waals surface area contributed by atoms with Crippen molar-refractivity contribution in [3.63, 3.8) is 0 Å². The predicted octanol–water partition coefficient (Wildman–Crippen LogP) is 5.41. The Labute approximate surface area is 119 Å². The van der Waals surface area contributed by atoms with Crippen molar-refractivity contribution in [1.29, 1.82) is 0 Å². The number of hydrogen-bond donors (Lipinski definition) is 0. The largest absolute Gasteiger partial charge is 0.265 e. The zero-order valence-electron chi connectivity index (χ0n) is 11.9. The molecule has 3 heteroatoms. The zero-order chi connectivity index (χ0) is 14.1. The molecule has 1 aromatic carbocycles. The molecular formula is C16H20N2S. The Hall–Kier alpha value is -1.74. The Balaban J connectivity index is 0.000000415. The van der Waals surface area contributed by atoms with Gasteiger partial charge in [0.05, 0.1) is 10.2 Å². The first-order valence-electron chi connectivity index (χ1n) is 6.69. The first-order chi connectivity index (χ1) is 9.43. The monoisotopic (exact) mass is 272 g/mol. The molecule has 3 rings (SSSR count). The van der Waals surface area contributed by atoms with E-state index in [9.17, 15) is 0 Å². The highest BCUT2D eigenvalue weighted by atomic mass is 32.1. The fourth-order valence-corrected chi connectivity index (χ4v) is 2.46. The van der Waals surface area contributed by atoms with Gasteiger partial charge < -0.3 is 0 Å². The molecule has 0 aliphatic rings. The van der Waals surface area contributed by atoms with Crippen molar-refractivity contribution in [3.05, 3.63) is 48.8 Å². The van der Waals surface area contributed by atoms with Crippen LogP contribution in [-0.2, 0) is 0 Å². The maximum Gasteiger partial charge on any atom is 0.124 e. The average Bonchev–Trinajstić information content (AvgIpc) is 2.96. The second-order valence-corrected chi connectivity index (χ2v) is 4.25. The minimum atomic E-state index is 1.05. The highest BCUT2D eigenvalue weighted by Gasteiger charge is 2.04. The lowest BCUT2D eigenvalue weighted by Crippen LogP contribution is -1.75. The van der Waals surface area contributed by atoms with E-state index in [4.69, 9.17) is 0 Å². The van der Waals surface area contributed by atoms with Crippen LogP contribution in [0, 0.1) is 0 Å². The maximum atomic E-state index is 4.57. The minimum Gasteiger partial charge on any atom is -0.265 e. The van der Waals surface area contributed by atoms with Gasteiger partial charge in [-0.1, -0.05) is 39.8 Å². The Morgan fingerprint density at radius 3 is 2.11 bits per heavy atom. The van der Waals surface area contributed by atoms with Gasteiger partial charge in [-0.2, -0.15) is 0 Å². The van der Waals surface area contributed by atoms with Crippen LogP contribution < -0.4 is 0 Å². The molecule has 0 bridgehead atoms. The van der Waals surface area contributed by atoms with Crippen LogP contribution in [0.5, 0.6) is 0 Å². The molecule has 0 saturated heterocycles. The number of pyridine rings is 1. The van der Waals surface area contributed by atoms with E-state index in [0.29, 0.717) is 0 Å². The molecule has 0 saturated carbocycles. The van der Waals surface area contributed by atoms with E-state index in [1.807, 2.05) is 58.0 Å². The lowest BCUT2D eigenvalue weighted by molar-refractivity contribution is 1.32. The number of thiazole rings is 1. The molecule has 0 spiro atoms. The van der Waals surface area contributed by atoms with E-state index in [1.165, 1.54) is 4.70 Å². The predicted molar refractivity (Wildman–Crippen MR) is 85.5 cm³/mol. The molecule has 2 aromatic heterocycles. The van der Waals surface area contributed by atoms with Crippen LogP contribution in [0.1, 0.15) is 27.7 Å². The van der Waals surface area contributed by atoms with Crippen LogP contribution in [-0.4, -0.2) is 9.97 Å². The Morgan fingerprint density at radius 1 is 0.842 bits per heavy atom. The van der Waals surface area contributed by atoms with Crippen LogP contribution in [0.25, 0.3) is 20.8 Å². The lowest BCUT2D eigenvalue weighted by atomic mass is 10.3. The molecule has 0 aliphatic carbocycles. The van der Waals surface area contributed by atoms with Crippen molar-refractivity contribution >= 4 is 21.6 Å². The summed E-state index contributed by atoms with van der Waals surface area (Å²) in [5.41, 5.74) is 2.19. The van der Waals surface area contributed by atoms with Gasteiger partial charge in [0.2, 0.25) is 0 Å². The van der Waals surface area contributed by atoms with E-state index in [-0.39, 0.29) is 0 Å². The van der Waals surface area contributed by atoms with Crippen LogP contribution >= 0.6 is 11.3 Å². The zero-order valence-corrected chi connectivity index (χ0v) is 12.7. The van der Waals surface area contributed by atoms with Gasteiger partial charge in [0.25, 0.3) is 0 Å². The average molecular weight is 272 g/mol. The second-order valence-electron chi connectivity index (χ2n) is 3.22. The molecule has 0 N–H and O–H groups in total. The number of nitrogens with zero attached hydrogens (tertiary/aromatic N) is 2. The second kappa shape index (κ2) is 8.38. The van der Waals surface area contributed by atoms with Gasteiger partial charge in [0, 0.05) is 18.0 Å². The number of aromatic nitrogens is 2. The van der Waals surface area contributed by atoms with Gasteiger partial charge in [-0.15, -0.1) is 11.3 Å². The molecule has 0 amide bonds. The summed E-state index contributed by atoms with van der Waals surface area (Å²) >= 11 is 1.71. The van der Waals surface area contributed by atoms with Crippen molar-refractivity contribution in [2.75, 3.05) is 0 Å². The molecule has 3 aromatic rings. The topological polar surface area (TPSA) is 25.8 Å². The summed E-state index contributed by atoms with van der Waals surface area (Å²) in [5.74, 6) is 0. The molecule has 0 aliphatic heterocycles. The first-order valence-corrected chi connectivity index (χ1v) is 7.51. The summed E-state index contributed by atoms with van der Waals surface area (Å²) < 4.78 is 1.23. The first kappa shape index (κ1) is 15.3. The summed E-state index contributed by atoms with van der Waals surface area (Å²) in [4.78, 5) is 8.58. The molecule has 0 fully saturated rings. The Kier molecular flexibility index (Phi) is 6.75. The molecular weight excluding hydrogens is 252 g/mol. The van der Waals surface area contributed by atoms with Crippen molar-refractivity contribution in [2.24, 2.45) is 0 Å². The van der Waals surface area contributed by atoms with Crippen molar-refractivity contribution in [2.45, 2.75) is 27.7 Å². The van der Waals surface area contributed by atoms with Crippen molar-refractivity contribution < 1.29 is 0 Å². The third-order valence-electron chi connectivity index (χ3n) is 2.22. The molecule has 100 valence electrons. The Bertz CT molecular complexity index is 555. The Morgan fingerprint density at radius 2 is 1.47 bits per heavy atom. The van der Waals surface area contributed by atoms with Crippen LogP contribution in [0.2, 0.25) is 0 Å². The number of fused-ring (bicyclic) bond motifs is 1. The number of rotatable bonds is 1. The molecule has 2 nitrogen and oxygen atoms in total. The third-order valence-corrected chi connectivity index (χ3v) is 3.31. The van der Waals surface area contributed by atoms with Gasteiger partial charge in [-0.25, -0.2) is 4.98 Å². The summed E-state index contributed by atoms with van der Waals surface area (Å²) in [6, 6.07) is 12.2. The quantitative estimate of drug-likeness (QED) is 0.592. The van der Waals surface area contributed by atoms with Gasteiger partial charge in [-0.3, -0.25) is 4.98 Å². The minimum absolute atomic E-state index is 1.05. The summed E-state index contributed by atoms with van der Waals surface area (Å²) in [6.07, 6.45) is 3.59. The summed E-state index contributed by atoms with van der Waals surface area (Å²) in [7, 11) is 0. The van der Waals surface area contributed by atoms with E-state index in [0.717, 1.165) is 16.1 Å². The lowest BCUT2D eigenvalue weighted by Gasteiger charge is -1.91. The van der Waals surface area contributed by atoms with Gasteiger partial charge in [-0.05, 0) is 24.3 Å². The van der Waals surface area contributed by atoms with Crippen LogP contribution in [0.3, 0.4) is 0 Å². The van der Waals surface area contributed by atoms with E-state index < -0.39 is 0 Å². The van der Waals surface area contributed by atoms with Gasteiger partial charge in [0.15, 0.2) is 0 Å². The van der Waals surface area contributed by atoms with Crippen molar-refractivity contribution in [3.8, 4) is 10.6 Å². The van der Waals surface area contributed by atoms with Gasteiger partial charge >= 0.3 is 0 Å². The highest BCUT2D eigenvalue weighted by molar-refractivity contribution is 7.21. The smallest absolute Gasteiger partial charge is 0.124 e. The van der Waals surface area contributed by atoms with Crippen LogP contribution in [0.4, 0.5) is 0 Å². The van der Waals surface area contributed by atoms with E-state index in [2.05, 4.69) is 16.0 Å². The number of para-hydroxylation sites is 1. The molecule has 0 radical (unpaired) electrons. The van der Waals surface area contributed by atoms with Gasteiger partial charge in [0.1, 0.15) is 5.01 Å². The van der Waals surface area contributed by atoms with E-state index >= 15 is 0 Å². The van der Waals surface area contributed by atoms with E-state index in [1.54, 1.807) is 23.7 Å². The van der Waals surface area contributed by atoms with Crippen molar-refractivity contribution in [1.82, 2.24) is 9.97 Å². The van der Waals surface area contributed by atoms with Crippen LogP contribution in [0.15, 0.2) is 48.8 Å². The maximum absolute atomic E-state index is 4.57. The summed E-state index contributed by atoms with van der Waals surface area (Å²) in [5, 5.41) is 1.05. The third kappa shape index (κ3) is 3.86. The fourth-order valence-electron chi connectivity index (χ4n) is 1.49. The summed E-state index contributed by atoms with van der Waals surface area (Å²) in [6.45, 7) is 8.00. The normalized spacial score (nSPS) is 9.05. The highest BCUT2D eigenvalue weighted by Crippen LogP contribution is 2.29. The number of benzene rings is 1. The molecule has 2 heterocycles. The SMILES string of the molecule is CC.CC.c1ccc2sc(-c3ccncc3)nc2c1. The molecule has 19 heavy (non-hydrogen) atoms. The standard InChI is InChI=1S/C12H8N2S.2C2H6/c1-2-4-11-10(3-1)14-12(15-11)9-5-7-13-8-6-9;2*1-2/h1-8H;2*1-2H3. The molecule has 0 unspecified atom stereocenters. The fraction of sp³-hybridized carbons (Fsp3) is 0.250. The molecule has 0 atom stereocenters. The number of hydrogen-bond acceptors (Lipinski definition) is 3.